The Morgan fingerprint density at radius 3 is 2.35 bits per heavy atom. The first kappa shape index (κ1) is 17.9. The molecule has 2 rings (SSSR count). The van der Waals surface area contributed by atoms with Gasteiger partial charge in [0, 0.05) is 12.6 Å². The van der Waals surface area contributed by atoms with Gasteiger partial charge in [-0.3, -0.25) is 0 Å². The fourth-order valence-electron chi connectivity index (χ4n) is 2.36. The Hall–Kier alpha value is -1.40. The molecule has 0 bridgehead atoms. The molecule has 1 unspecified atom stereocenters. The smallest absolute Gasteiger partial charge is 0.242 e. The second-order valence-electron chi connectivity index (χ2n) is 5.68. The highest BCUT2D eigenvalue weighted by molar-refractivity contribution is 7.89. The zero-order valence-corrected chi connectivity index (χ0v) is 15.0. The number of sulfonamides is 1. The fourth-order valence-corrected chi connectivity index (χ4v) is 4.00. The van der Waals surface area contributed by atoms with Crippen molar-refractivity contribution in [3.63, 3.8) is 0 Å². The first-order chi connectivity index (χ1) is 10.8. The van der Waals surface area contributed by atoms with Crippen molar-refractivity contribution in [2.24, 2.45) is 0 Å². The van der Waals surface area contributed by atoms with Gasteiger partial charge in [0.15, 0.2) is 0 Å². The molecule has 0 saturated heterocycles. The van der Waals surface area contributed by atoms with Crippen molar-refractivity contribution in [3.05, 3.63) is 64.7 Å². The van der Waals surface area contributed by atoms with E-state index in [9.17, 15) is 8.42 Å². The number of aryl methyl sites for hydroxylation is 1. The van der Waals surface area contributed by atoms with Crippen LogP contribution >= 0.6 is 11.6 Å². The Balaban J connectivity index is 2.20. The molecule has 0 heterocycles. The van der Waals surface area contributed by atoms with Gasteiger partial charge in [-0.15, -0.1) is 0 Å². The minimum Gasteiger partial charge on any atom is -0.301 e. The van der Waals surface area contributed by atoms with Gasteiger partial charge in [-0.2, -0.15) is 0 Å². The number of benzene rings is 2. The fraction of sp³-hybridized carbons (Fsp3) is 0.294. The van der Waals surface area contributed by atoms with Crippen LogP contribution in [0.15, 0.2) is 53.4 Å². The third-order valence-corrected chi connectivity index (χ3v) is 5.56. The topological polar surface area (TPSA) is 49.4 Å². The summed E-state index contributed by atoms with van der Waals surface area (Å²) in [5, 5.41) is 0.235. The highest BCUT2D eigenvalue weighted by Gasteiger charge is 2.21. The second kappa shape index (κ2) is 7.45. The van der Waals surface area contributed by atoms with Gasteiger partial charge in [0.25, 0.3) is 0 Å². The van der Waals surface area contributed by atoms with E-state index in [0.717, 1.165) is 11.1 Å². The van der Waals surface area contributed by atoms with Crippen molar-refractivity contribution >= 4 is 21.6 Å². The van der Waals surface area contributed by atoms with E-state index in [1.54, 1.807) is 12.1 Å². The number of hydrogen-bond acceptors (Lipinski definition) is 3. The predicted molar refractivity (Wildman–Crippen MR) is 94.2 cm³/mol. The monoisotopic (exact) mass is 352 g/mol. The lowest BCUT2D eigenvalue weighted by molar-refractivity contribution is 0.299. The molecule has 124 valence electrons. The maximum Gasteiger partial charge on any atom is 0.242 e. The van der Waals surface area contributed by atoms with Crippen molar-refractivity contribution in [2.45, 2.75) is 17.9 Å². The number of halogens is 1. The lowest BCUT2D eigenvalue weighted by Crippen LogP contribution is -2.34. The minimum absolute atomic E-state index is 0.0600. The van der Waals surface area contributed by atoms with Gasteiger partial charge in [0.2, 0.25) is 10.0 Å². The van der Waals surface area contributed by atoms with Gasteiger partial charge in [-0.25, -0.2) is 13.1 Å². The summed E-state index contributed by atoms with van der Waals surface area (Å²) in [4.78, 5) is 2.09. The van der Waals surface area contributed by atoms with Gasteiger partial charge in [-0.05, 0) is 44.3 Å². The molecule has 0 aliphatic rings. The first-order valence-corrected chi connectivity index (χ1v) is 9.14. The van der Waals surface area contributed by atoms with E-state index >= 15 is 0 Å². The van der Waals surface area contributed by atoms with Crippen molar-refractivity contribution in [3.8, 4) is 0 Å². The van der Waals surface area contributed by atoms with Crippen molar-refractivity contribution in [2.75, 3.05) is 20.6 Å². The highest BCUT2D eigenvalue weighted by atomic mass is 35.5. The maximum atomic E-state index is 12.5. The Morgan fingerprint density at radius 1 is 1.13 bits per heavy atom. The summed E-state index contributed by atoms with van der Waals surface area (Å²) >= 11 is 6.08. The van der Waals surface area contributed by atoms with Crippen molar-refractivity contribution < 1.29 is 8.42 Å². The summed E-state index contributed by atoms with van der Waals surface area (Å²) in [6.45, 7) is 2.14. The molecule has 23 heavy (non-hydrogen) atoms. The third kappa shape index (κ3) is 4.54. The number of nitrogens with zero attached hydrogens (tertiary/aromatic N) is 1. The second-order valence-corrected chi connectivity index (χ2v) is 7.82. The molecule has 0 spiro atoms. The summed E-state index contributed by atoms with van der Waals surface area (Å²) in [6, 6.07) is 14.6. The van der Waals surface area contributed by atoms with Crippen LogP contribution in [-0.4, -0.2) is 34.0 Å². The Morgan fingerprint density at radius 2 is 1.78 bits per heavy atom. The molecule has 2 aromatic carbocycles. The van der Waals surface area contributed by atoms with Crippen LogP contribution in [-0.2, 0) is 10.0 Å². The molecule has 0 aliphatic heterocycles. The quantitative estimate of drug-likeness (QED) is 0.868. The number of likely N-dealkylation sites (N-methyl/N-ethyl adjacent to an activating group) is 1. The van der Waals surface area contributed by atoms with Crippen LogP contribution in [0.3, 0.4) is 0 Å². The zero-order chi connectivity index (χ0) is 17.0. The van der Waals surface area contributed by atoms with Crippen molar-refractivity contribution in [1.82, 2.24) is 9.62 Å². The molecule has 0 fully saturated rings. The van der Waals surface area contributed by atoms with Crippen LogP contribution in [0.5, 0.6) is 0 Å². The van der Waals surface area contributed by atoms with E-state index in [1.807, 2.05) is 56.3 Å². The highest BCUT2D eigenvalue weighted by Crippen LogP contribution is 2.23. The van der Waals surface area contributed by atoms with Crippen LogP contribution in [0.4, 0.5) is 0 Å². The molecule has 1 N–H and O–H groups in total. The standard InChI is InChI=1S/C17H21ClN2O2S/c1-13-9-10-17(15(18)11-13)23(21,22)19-12-16(20(2)3)14-7-5-4-6-8-14/h4-11,16,19H,12H2,1-3H3. The maximum absolute atomic E-state index is 12.5. The number of hydrogen-bond donors (Lipinski definition) is 1. The van der Waals surface area contributed by atoms with Gasteiger partial charge in [0.1, 0.15) is 4.90 Å². The van der Waals surface area contributed by atoms with Crippen LogP contribution in [0.25, 0.3) is 0 Å². The van der Waals surface area contributed by atoms with Crippen LogP contribution in [0, 0.1) is 6.92 Å². The van der Waals surface area contributed by atoms with Gasteiger partial charge in [-0.1, -0.05) is 48.0 Å². The van der Waals surface area contributed by atoms with Gasteiger partial charge in [0.05, 0.1) is 5.02 Å². The minimum atomic E-state index is -3.65. The zero-order valence-electron chi connectivity index (χ0n) is 13.5. The molecule has 0 saturated carbocycles. The summed E-state index contributed by atoms with van der Waals surface area (Å²) in [5.74, 6) is 0. The van der Waals surface area contributed by atoms with E-state index in [-0.39, 0.29) is 22.5 Å². The molecular formula is C17H21ClN2O2S. The predicted octanol–water partition coefficient (Wildman–Crippen LogP) is 3.23. The van der Waals surface area contributed by atoms with Crippen molar-refractivity contribution in [1.29, 1.82) is 0 Å². The van der Waals surface area contributed by atoms with E-state index in [0.29, 0.717) is 0 Å². The Bertz CT molecular complexity index is 761. The summed E-state index contributed by atoms with van der Waals surface area (Å²) in [7, 11) is 0.190. The molecule has 6 heteroatoms. The van der Waals surface area contributed by atoms with Gasteiger partial charge < -0.3 is 4.90 Å². The van der Waals surface area contributed by atoms with Crippen LogP contribution < -0.4 is 4.72 Å². The molecule has 2 aromatic rings. The Kier molecular flexibility index (Phi) is 5.81. The van der Waals surface area contributed by atoms with E-state index in [4.69, 9.17) is 11.6 Å². The van der Waals surface area contributed by atoms with Crippen LogP contribution in [0.2, 0.25) is 5.02 Å². The third-order valence-electron chi connectivity index (χ3n) is 3.65. The van der Waals surface area contributed by atoms with E-state index in [2.05, 4.69) is 4.72 Å². The summed E-state index contributed by atoms with van der Waals surface area (Å²) < 4.78 is 27.7. The SMILES string of the molecule is Cc1ccc(S(=O)(=O)NCC(c2ccccc2)N(C)C)c(Cl)c1. The first-order valence-electron chi connectivity index (χ1n) is 7.28. The average molecular weight is 353 g/mol. The largest absolute Gasteiger partial charge is 0.301 e. The average Bonchev–Trinajstić information content (AvgIpc) is 2.47. The summed E-state index contributed by atoms with van der Waals surface area (Å²) in [5.41, 5.74) is 1.97. The van der Waals surface area contributed by atoms with E-state index in [1.165, 1.54) is 6.07 Å². The van der Waals surface area contributed by atoms with E-state index < -0.39 is 10.0 Å². The molecule has 0 radical (unpaired) electrons. The molecule has 0 amide bonds. The molecule has 4 nitrogen and oxygen atoms in total. The normalized spacial score (nSPS) is 13.3. The molecule has 0 aliphatic carbocycles. The number of rotatable bonds is 6. The summed E-state index contributed by atoms with van der Waals surface area (Å²) in [6.07, 6.45) is 0. The molecular weight excluding hydrogens is 332 g/mol. The van der Waals surface area contributed by atoms with Crippen LogP contribution in [0.1, 0.15) is 17.2 Å². The lowest BCUT2D eigenvalue weighted by Gasteiger charge is -2.25. The lowest BCUT2D eigenvalue weighted by atomic mass is 10.1. The number of nitrogens with one attached hydrogen (secondary N) is 1. The molecule has 1 atom stereocenters. The molecule has 0 aromatic heterocycles. The Labute approximate surface area is 143 Å². The van der Waals surface area contributed by atoms with Gasteiger partial charge >= 0.3 is 0 Å².